The van der Waals surface area contributed by atoms with E-state index in [1.165, 1.54) is 0 Å². The highest BCUT2D eigenvalue weighted by Gasteiger charge is 2.32. The largest absolute Gasteiger partial charge is 0.332 e. The molecular weight excluding hydrogens is 393 g/mol. The van der Waals surface area contributed by atoms with Gasteiger partial charge in [0, 0.05) is 20.6 Å². The molecule has 1 saturated carbocycles. The molecule has 0 bridgehead atoms. The number of carbonyl (C=O) groups is 1. The van der Waals surface area contributed by atoms with Gasteiger partial charge in [0.15, 0.2) is 0 Å². The lowest BCUT2D eigenvalue weighted by molar-refractivity contribution is 0.0761. The van der Waals surface area contributed by atoms with Crippen LogP contribution in [0.15, 0.2) is 35.3 Å². The minimum atomic E-state index is 0.0952. The van der Waals surface area contributed by atoms with Gasteiger partial charge in [-0.25, -0.2) is 0 Å². The molecule has 90 valence electrons. The molecule has 0 heterocycles. The average molecular weight is 406 g/mol. The third-order valence-corrected chi connectivity index (χ3v) is 4.10. The molecule has 1 aromatic carbocycles. The summed E-state index contributed by atoms with van der Waals surface area (Å²) in [5.41, 5.74) is 0.741. The number of nitrogens with zero attached hydrogens (tertiary/aromatic N) is 1. The van der Waals surface area contributed by atoms with Crippen LogP contribution < -0.4 is 0 Å². The molecule has 2 rings (SSSR count). The first kappa shape index (κ1) is 13.1. The molecule has 0 spiro atoms. The highest BCUT2D eigenvalue weighted by atomic mass is 127. The van der Waals surface area contributed by atoms with Crippen LogP contribution in [0.2, 0.25) is 0 Å². The van der Waals surface area contributed by atoms with Crippen molar-refractivity contribution < 1.29 is 4.79 Å². The van der Waals surface area contributed by atoms with Crippen molar-refractivity contribution in [1.29, 1.82) is 0 Å². The number of hydrogen-bond acceptors (Lipinski definition) is 1. The van der Waals surface area contributed by atoms with Gasteiger partial charge < -0.3 is 4.90 Å². The molecule has 1 amide bonds. The molecule has 4 heteroatoms. The summed E-state index contributed by atoms with van der Waals surface area (Å²) in [6.07, 6.45) is 4.01. The van der Waals surface area contributed by atoms with Crippen molar-refractivity contribution in [2.75, 3.05) is 6.54 Å². The molecule has 0 aromatic heterocycles. The lowest BCUT2D eigenvalue weighted by Crippen LogP contribution is -2.33. The van der Waals surface area contributed by atoms with Crippen LogP contribution in [0.1, 0.15) is 23.2 Å². The van der Waals surface area contributed by atoms with Crippen LogP contribution >= 0.6 is 38.5 Å². The van der Waals surface area contributed by atoms with Crippen molar-refractivity contribution in [2.24, 2.45) is 0 Å². The van der Waals surface area contributed by atoms with Crippen molar-refractivity contribution in [1.82, 2.24) is 4.90 Å². The molecule has 0 radical (unpaired) electrons. The van der Waals surface area contributed by atoms with E-state index in [1.54, 1.807) is 6.08 Å². The summed E-state index contributed by atoms with van der Waals surface area (Å²) in [4.78, 5) is 14.3. The first-order valence-electron chi connectivity index (χ1n) is 5.50. The van der Waals surface area contributed by atoms with E-state index in [-0.39, 0.29) is 5.91 Å². The Morgan fingerprint density at radius 1 is 1.59 bits per heavy atom. The predicted molar refractivity (Wildman–Crippen MR) is 81.1 cm³/mol. The minimum absolute atomic E-state index is 0.0952. The zero-order chi connectivity index (χ0) is 12.4. The van der Waals surface area contributed by atoms with Crippen LogP contribution in [0.5, 0.6) is 0 Å². The fourth-order valence-electron chi connectivity index (χ4n) is 1.74. The Labute approximate surface area is 123 Å². The number of halogens is 2. The van der Waals surface area contributed by atoms with Gasteiger partial charge in [-0.1, -0.05) is 6.08 Å². The number of hydrogen-bond donors (Lipinski definition) is 0. The zero-order valence-electron chi connectivity index (χ0n) is 9.33. The monoisotopic (exact) mass is 405 g/mol. The number of benzene rings is 1. The summed E-state index contributed by atoms with van der Waals surface area (Å²) in [5.74, 6) is 0.0952. The number of amides is 1. The minimum Gasteiger partial charge on any atom is -0.332 e. The van der Waals surface area contributed by atoms with Crippen molar-refractivity contribution in [3.8, 4) is 0 Å². The lowest BCUT2D eigenvalue weighted by Gasteiger charge is -2.21. The summed E-state index contributed by atoms with van der Waals surface area (Å²) in [6, 6.07) is 6.24. The molecule has 0 N–H and O–H groups in total. The van der Waals surface area contributed by atoms with Crippen molar-refractivity contribution in [3.05, 3.63) is 44.5 Å². The molecular formula is C13H13BrINO. The van der Waals surface area contributed by atoms with Crippen LogP contribution in [-0.4, -0.2) is 23.4 Å². The Morgan fingerprint density at radius 3 is 2.88 bits per heavy atom. The molecule has 17 heavy (non-hydrogen) atoms. The SMILES string of the molecule is C=CCN(C(=O)c1cc(I)ccc1Br)C1CC1. The van der Waals surface area contributed by atoms with Gasteiger partial charge in [-0.15, -0.1) is 6.58 Å². The highest BCUT2D eigenvalue weighted by Crippen LogP contribution is 2.30. The van der Waals surface area contributed by atoms with Crippen LogP contribution in [0.25, 0.3) is 0 Å². The van der Waals surface area contributed by atoms with Crippen molar-refractivity contribution >= 4 is 44.4 Å². The van der Waals surface area contributed by atoms with Crippen LogP contribution in [0.3, 0.4) is 0 Å². The highest BCUT2D eigenvalue weighted by molar-refractivity contribution is 14.1. The summed E-state index contributed by atoms with van der Waals surface area (Å²) < 4.78 is 1.93. The lowest BCUT2D eigenvalue weighted by atomic mass is 10.2. The van der Waals surface area contributed by atoms with Crippen LogP contribution in [0, 0.1) is 3.57 Å². The van der Waals surface area contributed by atoms with E-state index in [2.05, 4.69) is 45.1 Å². The maximum atomic E-state index is 12.4. The third-order valence-electron chi connectivity index (χ3n) is 2.73. The standard InChI is InChI=1S/C13H13BrINO/c1-2-7-16(10-4-5-10)13(17)11-8-9(15)3-6-12(11)14/h2-3,6,8,10H,1,4-5,7H2. The Hall–Kier alpha value is -0.360. The van der Waals surface area contributed by atoms with Crippen molar-refractivity contribution in [3.63, 3.8) is 0 Å². The van der Waals surface area contributed by atoms with Crippen LogP contribution in [0.4, 0.5) is 0 Å². The second kappa shape index (κ2) is 5.52. The summed E-state index contributed by atoms with van der Waals surface area (Å²) in [7, 11) is 0. The molecule has 0 unspecified atom stereocenters. The van der Waals surface area contributed by atoms with E-state index in [9.17, 15) is 4.79 Å². The summed E-state index contributed by atoms with van der Waals surface area (Å²) in [5, 5.41) is 0. The first-order chi connectivity index (χ1) is 8.13. The van der Waals surface area contributed by atoms with Crippen molar-refractivity contribution in [2.45, 2.75) is 18.9 Å². The molecule has 1 aliphatic rings. The molecule has 1 aliphatic carbocycles. The van der Waals surface area contributed by atoms with Gasteiger partial charge in [0.2, 0.25) is 0 Å². The Balaban J connectivity index is 2.27. The van der Waals surface area contributed by atoms with Crippen LogP contribution in [-0.2, 0) is 0 Å². The fourth-order valence-corrected chi connectivity index (χ4v) is 2.65. The summed E-state index contributed by atoms with van der Waals surface area (Å²) >= 11 is 5.66. The van der Waals surface area contributed by atoms with E-state index < -0.39 is 0 Å². The maximum absolute atomic E-state index is 12.4. The third kappa shape index (κ3) is 3.10. The molecule has 0 saturated heterocycles. The Kier molecular flexibility index (Phi) is 4.25. The molecule has 1 aromatic rings. The Bertz CT molecular complexity index is 457. The van der Waals surface area contributed by atoms with E-state index in [4.69, 9.17) is 0 Å². The normalized spacial score (nSPS) is 14.5. The van der Waals surface area contributed by atoms with Gasteiger partial charge in [-0.05, 0) is 69.6 Å². The predicted octanol–water partition coefficient (Wildman–Crippen LogP) is 3.84. The average Bonchev–Trinajstić information content (AvgIpc) is 3.12. The van der Waals surface area contributed by atoms with E-state index in [1.807, 2.05) is 23.1 Å². The van der Waals surface area contributed by atoms with Gasteiger partial charge in [-0.3, -0.25) is 4.79 Å². The van der Waals surface area contributed by atoms with E-state index in [0.29, 0.717) is 12.6 Å². The number of carbonyl (C=O) groups excluding carboxylic acids is 1. The maximum Gasteiger partial charge on any atom is 0.255 e. The van der Waals surface area contributed by atoms with Gasteiger partial charge >= 0.3 is 0 Å². The quantitative estimate of drug-likeness (QED) is 0.550. The van der Waals surface area contributed by atoms with Gasteiger partial charge in [0.1, 0.15) is 0 Å². The van der Waals surface area contributed by atoms with Gasteiger partial charge in [0.05, 0.1) is 5.56 Å². The first-order valence-corrected chi connectivity index (χ1v) is 7.37. The van der Waals surface area contributed by atoms with Gasteiger partial charge in [-0.2, -0.15) is 0 Å². The number of rotatable bonds is 4. The molecule has 0 atom stereocenters. The zero-order valence-corrected chi connectivity index (χ0v) is 13.1. The molecule has 1 fully saturated rings. The second-order valence-electron chi connectivity index (χ2n) is 4.10. The molecule has 2 nitrogen and oxygen atoms in total. The smallest absolute Gasteiger partial charge is 0.255 e. The molecule has 0 aliphatic heterocycles. The topological polar surface area (TPSA) is 20.3 Å². The van der Waals surface area contributed by atoms with Gasteiger partial charge in [0.25, 0.3) is 5.91 Å². The van der Waals surface area contributed by atoms with E-state index in [0.717, 1.165) is 26.4 Å². The van der Waals surface area contributed by atoms with E-state index >= 15 is 0 Å². The summed E-state index contributed by atoms with van der Waals surface area (Å²) in [6.45, 7) is 4.35. The fraction of sp³-hybridized carbons (Fsp3) is 0.308. The second-order valence-corrected chi connectivity index (χ2v) is 6.20. The Morgan fingerprint density at radius 2 is 2.29 bits per heavy atom.